The van der Waals surface area contributed by atoms with Gasteiger partial charge < -0.3 is 10.6 Å². The van der Waals surface area contributed by atoms with Crippen LogP contribution >= 0.6 is 0 Å². The molecule has 2 heterocycles. The van der Waals surface area contributed by atoms with Crippen LogP contribution in [0.4, 0.5) is 0 Å². The van der Waals surface area contributed by atoms with Gasteiger partial charge in [-0.3, -0.25) is 4.79 Å². The largest absolute Gasteiger partial charge is 0.353 e. The van der Waals surface area contributed by atoms with Crippen LogP contribution in [0.25, 0.3) is 0 Å². The van der Waals surface area contributed by atoms with Crippen molar-refractivity contribution in [3.8, 4) is 0 Å². The lowest BCUT2D eigenvalue weighted by Crippen LogP contribution is -2.53. The highest BCUT2D eigenvalue weighted by Crippen LogP contribution is 2.26. The van der Waals surface area contributed by atoms with E-state index in [0.29, 0.717) is 25.9 Å². The molecule has 6 nitrogen and oxygen atoms in total. The first-order chi connectivity index (χ1) is 9.31. The number of nitrogens with zero attached hydrogens (tertiary/aromatic N) is 1. The van der Waals surface area contributed by atoms with Crippen molar-refractivity contribution in [2.24, 2.45) is 5.41 Å². The molecule has 20 heavy (non-hydrogen) atoms. The summed E-state index contributed by atoms with van der Waals surface area (Å²) in [6, 6.07) is 0.0965. The fourth-order valence-electron chi connectivity index (χ4n) is 2.94. The molecule has 2 rings (SSSR count). The highest BCUT2D eigenvalue weighted by atomic mass is 32.2. The summed E-state index contributed by atoms with van der Waals surface area (Å²) in [7, 11) is -3.10. The first kappa shape index (κ1) is 15.7. The molecule has 0 aromatic carbocycles. The van der Waals surface area contributed by atoms with E-state index >= 15 is 0 Å². The van der Waals surface area contributed by atoms with Crippen molar-refractivity contribution in [2.45, 2.75) is 38.6 Å². The fourth-order valence-corrected chi connectivity index (χ4v) is 3.82. The van der Waals surface area contributed by atoms with Gasteiger partial charge in [0.05, 0.1) is 11.7 Å². The molecule has 7 heteroatoms. The Morgan fingerprint density at radius 1 is 1.35 bits per heavy atom. The van der Waals surface area contributed by atoms with E-state index in [-0.39, 0.29) is 17.4 Å². The van der Waals surface area contributed by atoms with Gasteiger partial charge in [0.25, 0.3) is 0 Å². The van der Waals surface area contributed by atoms with Crippen LogP contribution in [-0.2, 0) is 14.8 Å². The van der Waals surface area contributed by atoms with Gasteiger partial charge >= 0.3 is 0 Å². The van der Waals surface area contributed by atoms with Crippen molar-refractivity contribution in [3.05, 3.63) is 0 Å². The van der Waals surface area contributed by atoms with Crippen molar-refractivity contribution < 1.29 is 13.2 Å². The van der Waals surface area contributed by atoms with E-state index in [1.807, 2.05) is 6.92 Å². The molecule has 0 aliphatic carbocycles. The summed E-state index contributed by atoms with van der Waals surface area (Å²) in [6.45, 7) is 4.70. The van der Waals surface area contributed by atoms with Crippen LogP contribution < -0.4 is 10.6 Å². The highest BCUT2D eigenvalue weighted by Gasteiger charge is 2.36. The van der Waals surface area contributed by atoms with E-state index in [1.54, 1.807) is 0 Å². The quantitative estimate of drug-likeness (QED) is 0.764. The minimum atomic E-state index is -3.10. The molecule has 1 atom stereocenters. The number of carbonyl (C=O) groups is 1. The highest BCUT2D eigenvalue weighted by molar-refractivity contribution is 7.88. The van der Waals surface area contributed by atoms with Gasteiger partial charge in [-0.2, -0.15) is 0 Å². The Hall–Kier alpha value is -0.660. The molecule has 1 amide bonds. The van der Waals surface area contributed by atoms with E-state index in [1.165, 1.54) is 10.6 Å². The van der Waals surface area contributed by atoms with Crippen LogP contribution in [0.2, 0.25) is 0 Å². The predicted octanol–water partition coefficient (Wildman–Crippen LogP) is -0.0837. The van der Waals surface area contributed by atoms with E-state index < -0.39 is 10.0 Å². The Balaban J connectivity index is 1.85. The molecule has 0 aromatic heterocycles. The summed E-state index contributed by atoms with van der Waals surface area (Å²) in [5.74, 6) is 0.0995. The molecule has 2 aliphatic rings. The zero-order chi connectivity index (χ0) is 14.8. The van der Waals surface area contributed by atoms with Crippen LogP contribution in [0.15, 0.2) is 0 Å². The second-order valence-corrected chi connectivity index (χ2v) is 8.23. The van der Waals surface area contributed by atoms with Gasteiger partial charge in [0.15, 0.2) is 0 Å². The molecular weight excluding hydrogens is 278 g/mol. The third-order valence-electron chi connectivity index (χ3n) is 4.40. The van der Waals surface area contributed by atoms with Gasteiger partial charge in [-0.1, -0.05) is 0 Å². The summed E-state index contributed by atoms with van der Waals surface area (Å²) >= 11 is 0. The minimum absolute atomic E-state index is 0.0965. The van der Waals surface area contributed by atoms with Gasteiger partial charge in [-0.25, -0.2) is 12.7 Å². The molecule has 2 N–H and O–H groups in total. The Bertz CT molecular complexity index is 449. The van der Waals surface area contributed by atoms with E-state index in [4.69, 9.17) is 0 Å². The summed E-state index contributed by atoms with van der Waals surface area (Å²) < 4.78 is 24.4. The fraction of sp³-hybridized carbons (Fsp3) is 0.923. The standard InChI is InChI=1S/C13H25N3O3S/c1-13(6-3-7-14-10-13)12(17)15-11-4-8-16(9-5-11)20(2,18)19/h11,14H,3-10H2,1-2H3,(H,15,17). The van der Waals surface area contributed by atoms with Gasteiger partial charge in [0.2, 0.25) is 15.9 Å². The second-order valence-electron chi connectivity index (χ2n) is 6.25. The summed E-state index contributed by atoms with van der Waals surface area (Å²) in [4.78, 5) is 12.4. The Morgan fingerprint density at radius 3 is 2.50 bits per heavy atom. The monoisotopic (exact) mass is 303 g/mol. The second kappa shape index (κ2) is 5.99. The first-order valence-electron chi connectivity index (χ1n) is 7.28. The topological polar surface area (TPSA) is 78.5 Å². The van der Waals surface area contributed by atoms with Gasteiger partial charge in [0, 0.05) is 25.7 Å². The van der Waals surface area contributed by atoms with Crippen LogP contribution in [0.3, 0.4) is 0 Å². The van der Waals surface area contributed by atoms with E-state index in [0.717, 1.165) is 25.9 Å². The summed E-state index contributed by atoms with van der Waals surface area (Å²) in [5, 5.41) is 6.37. The number of carbonyl (C=O) groups excluding carboxylic acids is 1. The van der Waals surface area contributed by atoms with Crippen LogP contribution in [0.5, 0.6) is 0 Å². The van der Waals surface area contributed by atoms with Crippen LogP contribution in [-0.4, -0.2) is 57.1 Å². The number of piperidine rings is 2. The van der Waals surface area contributed by atoms with Crippen LogP contribution in [0, 0.1) is 5.41 Å². The third kappa shape index (κ3) is 3.71. The Labute approximate surface area is 121 Å². The van der Waals surface area contributed by atoms with Crippen molar-refractivity contribution in [1.29, 1.82) is 0 Å². The van der Waals surface area contributed by atoms with E-state index in [2.05, 4.69) is 10.6 Å². The van der Waals surface area contributed by atoms with E-state index in [9.17, 15) is 13.2 Å². The zero-order valence-corrected chi connectivity index (χ0v) is 13.1. The number of amides is 1. The number of nitrogens with one attached hydrogen (secondary N) is 2. The Kier molecular flexibility index (Phi) is 4.71. The third-order valence-corrected chi connectivity index (χ3v) is 5.71. The maximum Gasteiger partial charge on any atom is 0.227 e. The van der Waals surface area contributed by atoms with Crippen molar-refractivity contribution in [3.63, 3.8) is 0 Å². The molecule has 2 aliphatic heterocycles. The maximum absolute atomic E-state index is 12.4. The number of rotatable bonds is 3. The van der Waals surface area contributed by atoms with Crippen molar-refractivity contribution >= 4 is 15.9 Å². The lowest BCUT2D eigenvalue weighted by Gasteiger charge is -2.36. The minimum Gasteiger partial charge on any atom is -0.353 e. The smallest absolute Gasteiger partial charge is 0.227 e. The normalized spacial score (nSPS) is 30.1. The average Bonchev–Trinajstić information content (AvgIpc) is 2.39. The summed E-state index contributed by atoms with van der Waals surface area (Å²) in [5.41, 5.74) is -0.327. The predicted molar refractivity (Wildman–Crippen MR) is 77.8 cm³/mol. The molecule has 0 radical (unpaired) electrons. The zero-order valence-electron chi connectivity index (χ0n) is 12.3. The lowest BCUT2D eigenvalue weighted by molar-refractivity contribution is -0.132. The molecular formula is C13H25N3O3S. The summed E-state index contributed by atoms with van der Waals surface area (Å²) in [6.07, 6.45) is 4.57. The molecule has 116 valence electrons. The average molecular weight is 303 g/mol. The molecule has 2 fully saturated rings. The molecule has 0 aromatic rings. The number of hydrogen-bond donors (Lipinski definition) is 2. The van der Waals surface area contributed by atoms with Crippen molar-refractivity contribution in [2.75, 3.05) is 32.4 Å². The lowest BCUT2D eigenvalue weighted by atomic mass is 9.81. The molecule has 0 saturated carbocycles. The first-order valence-corrected chi connectivity index (χ1v) is 9.13. The van der Waals surface area contributed by atoms with Gasteiger partial charge in [-0.05, 0) is 39.2 Å². The molecule has 1 unspecified atom stereocenters. The SMILES string of the molecule is CC1(C(=O)NC2CCN(S(C)(=O)=O)CC2)CCCNC1. The molecule has 0 bridgehead atoms. The maximum atomic E-state index is 12.4. The molecule has 0 spiro atoms. The van der Waals surface area contributed by atoms with Gasteiger partial charge in [-0.15, -0.1) is 0 Å². The molecule has 2 saturated heterocycles. The van der Waals surface area contributed by atoms with Gasteiger partial charge in [0.1, 0.15) is 0 Å². The number of sulfonamides is 1. The number of hydrogen-bond acceptors (Lipinski definition) is 4. The Morgan fingerprint density at radius 2 is 2.00 bits per heavy atom. The van der Waals surface area contributed by atoms with Crippen molar-refractivity contribution in [1.82, 2.24) is 14.9 Å². The van der Waals surface area contributed by atoms with Crippen LogP contribution in [0.1, 0.15) is 32.6 Å².